The molecule has 0 radical (unpaired) electrons. The topological polar surface area (TPSA) is 70.2 Å². The number of nitrogens with zero attached hydrogens (tertiary/aromatic N) is 3. The standard InChI is InChI=1S/C21H27N5O/c27-20(19-5-2-1-4-17(19)14-16-6-11-22-15-16)25-18-7-12-26(13-8-18)21-23-9-3-10-24-21/h1-5,9-10,16,18,22H,6-8,11-15H2,(H,25,27). The van der Waals surface area contributed by atoms with Crippen LogP contribution >= 0.6 is 0 Å². The molecule has 2 fully saturated rings. The number of piperidine rings is 1. The van der Waals surface area contributed by atoms with E-state index in [1.165, 1.54) is 12.0 Å². The van der Waals surface area contributed by atoms with Crippen LogP contribution in [0.4, 0.5) is 5.95 Å². The average Bonchev–Trinajstić information content (AvgIpc) is 3.23. The maximum atomic E-state index is 12.9. The summed E-state index contributed by atoms with van der Waals surface area (Å²) in [5, 5.41) is 6.66. The molecule has 1 unspecified atom stereocenters. The number of benzene rings is 1. The van der Waals surface area contributed by atoms with Crippen LogP contribution in [0.15, 0.2) is 42.7 Å². The minimum Gasteiger partial charge on any atom is -0.349 e. The Labute approximate surface area is 160 Å². The van der Waals surface area contributed by atoms with Crippen molar-refractivity contribution >= 4 is 11.9 Å². The van der Waals surface area contributed by atoms with E-state index in [4.69, 9.17) is 0 Å². The van der Waals surface area contributed by atoms with Crippen LogP contribution in [-0.4, -0.2) is 48.1 Å². The zero-order chi connectivity index (χ0) is 18.5. The van der Waals surface area contributed by atoms with Crippen molar-refractivity contribution in [2.24, 2.45) is 5.92 Å². The van der Waals surface area contributed by atoms with Crippen LogP contribution in [0, 0.1) is 5.92 Å². The highest BCUT2D eigenvalue weighted by Crippen LogP contribution is 2.20. The summed E-state index contributed by atoms with van der Waals surface area (Å²) in [5.74, 6) is 1.47. The van der Waals surface area contributed by atoms with Crippen molar-refractivity contribution in [2.45, 2.75) is 31.7 Å². The fourth-order valence-electron chi connectivity index (χ4n) is 4.06. The van der Waals surface area contributed by atoms with Gasteiger partial charge in [0.25, 0.3) is 5.91 Å². The molecule has 1 amide bonds. The van der Waals surface area contributed by atoms with Gasteiger partial charge in [-0.15, -0.1) is 0 Å². The van der Waals surface area contributed by atoms with Gasteiger partial charge in [0.05, 0.1) is 0 Å². The van der Waals surface area contributed by atoms with Gasteiger partial charge in [0, 0.05) is 37.1 Å². The molecule has 2 aliphatic rings. The zero-order valence-corrected chi connectivity index (χ0v) is 15.6. The maximum absolute atomic E-state index is 12.9. The van der Waals surface area contributed by atoms with Gasteiger partial charge in [-0.25, -0.2) is 9.97 Å². The van der Waals surface area contributed by atoms with Gasteiger partial charge in [-0.05, 0) is 62.4 Å². The fourth-order valence-corrected chi connectivity index (χ4v) is 4.06. The predicted molar refractivity (Wildman–Crippen MR) is 106 cm³/mol. The Hall–Kier alpha value is -2.47. The van der Waals surface area contributed by atoms with Gasteiger partial charge in [-0.2, -0.15) is 0 Å². The van der Waals surface area contributed by atoms with E-state index in [1.54, 1.807) is 12.4 Å². The van der Waals surface area contributed by atoms with E-state index >= 15 is 0 Å². The highest BCUT2D eigenvalue weighted by molar-refractivity contribution is 5.95. The number of nitrogens with one attached hydrogen (secondary N) is 2. The monoisotopic (exact) mass is 365 g/mol. The zero-order valence-electron chi connectivity index (χ0n) is 15.6. The number of anilines is 1. The van der Waals surface area contributed by atoms with Crippen molar-refractivity contribution in [1.82, 2.24) is 20.6 Å². The fraction of sp³-hybridized carbons (Fsp3) is 0.476. The highest BCUT2D eigenvalue weighted by atomic mass is 16.1. The van der Waals surface area contributed by atoms with Crippen molar-refractivity contribution < 1.29 is 4.79 Å². The van der Waals surface area contributed by atoms with E-state index in [9.17, 15) is 4.79 Å². The Morgan fingerprint density at radius 3 is 2.63 bits per heavy atom. The lowest BCUT2D eigenvalue weighted by Gasteiger charge is -2.32. The number of rotatable bonds is 5. The van der Waals surface area contributed by atoms with E-state index in [1.807, 2.05) is 24.3 Å². The molecular formula is C21H27N5O. The minimum absolute atomic E-state index is 0.0611. The maximum Gasteiger partial charge on any atom is 0.251 e. The van der Waals surface area contributed by atoms with Gasteiger partial charge in [0.1, 0.15) is 0 Å². The lowest BCUT2D eigenvalue weighted by molar-refractivity contribution is 0.0930. The van der Waals surface area contributed by atoms with Gasteiger partial charge in [-0.1, -0.05) is 18.2 Å². The van der Waals surface area contributed by atoms with Crippen LogP contribution in [0.25, 0.3) is 0 Å². The molecule has 1 aromatic carbocycles. The van der Waals surface area contributed by atoms with Gasteiger partial charge >= 0.3 is 0 Å². The lowest BCUT2D eigenvalue weighted by Crippen LogP contribution is -2.45. The second-order valence-corrected chi connectivity index (χ2v) is 7.50. The summed E-state index contributed by atoms with van der Waals surface area (Å²) < 4.78 is 0. The normalized spacial score (nSPS) is 20.6. The molecule has 0 aliphatic carbocycles. The quantitative estimate of drug-likeness (QED) is 0.848. The SMILES string of the molecule is O=C(NC1CCN(c2ncccn2)CC1)c1ccccc1CC1CCNC1. The first-order valence-electron chi connectivity index (χ1n) is 9.91. The van der Waals surface area contributed by atoms with Crippen LogP contribution in [0.1, 0.15) is 35.2 Å². The molecule has 2 aliphatic heterocycles. The Bertz CT molecular complexity index is 752. The van der Waals surface area contributed by atoms with Crippen molar-refractivity contribution in [3.8, 4) is 0 Å². The third-order valence-electron chi connectivity index (χ3n) is 5.60. The summed E-state index contributed by atoms with van der Waals surface area (Å²) >= 11 is 0. The Balaban J connectivity index is 1.34. The first kappa shape index (κ1) is 17.9. The number of hydrogen-bond acceptors (Lipinski definition) is 5. The Kier molecular flexibility index (Phi) is 5.63. The number of hydrogen-bond donors (Lipinski definition) is 2. The molecular weight excluding hydrogens is 338 g/mol. The number of carbonyl (C=O) groups is 1. The summed E-state index contributed by atoms with van der Waals surface area (Å²) in [4.78, 5) is 23.7. The second kappa shape index (κ2) is 8.48. The molecule has 4 rings (SSSR count). The molecule has 6 heteroatoms. The number of carbonyl (C=O) groups excluding carboxylic acids is 1. The number of amides is 1. The number of aromatic nitrogens is 2. The molecule has 1 atom stereocenters. The predicted octanol–water partition coefficient (Wildman–Crippen LogP) is 2.03. The smallest absolute Gasteiger partial charge is 0.251 e. The Morgan fingerprint density at radius 1 is 1.11 bits per heavy atom. The molecule has 0 bridgehead atoms. The highest BCUT2D eigenvalue weighted by Gasteiger charge is 2.24. The third-order valence-corrected chi connectivity index (χ3v) is 5.60. The molecule has 1 aromatic heterocycles. The van der Waals surface area contributed by atoms with Crippen LogP contribution < -0.4 is 15.5 Å². The van der Waals surface area contributed by atoms with Crippen LogP contribution in [0.2, 0.25) is 0 Å². The Morgan fingerprint density at radius 2 is 1.89 bits per heavy atom. The van der Waals surface area contributed by atoms with E-state index in [-0.39, 0.29) is 11.9 Å². The van der Waals surface area contributed by atoms with Crippen LogP contribution in [-0.2, 0) is 6.42 Å². The third kappa shape index (κ3) is 4.45. The summed E-state index contributed by atoms with van der Waals surface area (Å²) in [6.45, 7) is 3.87. The summed E-state index contributed by atoms with van der Waals surface area (Å²) in [6, 6.07) is 10.1. The minimum atomic E-state index is 0.0611. The molecule has 6 nitrogen and oxygen atoms in total. The van der Waals surface area contributed by atoms with E-state index in [0.29, 0.717) is 5.92 Å². The first-order valence-corrected chi connectivity index (χ1v) is 9.91. The average molecular weight is 365 g/mol. The molecule has 0 spiro atoms. The first-order chi connectivity index (χ1) is 13.3. The molecule has 3 heterocycles. The molecule has 2 saturated heterocycles. The van der Waals surface area contributed by atoms with Gasteiger partial charge in [0.2, 0.25) is 5.95 Å². The van der Waals surface area contributed by atoms with Crippen molar-refractivity contribution in [3.05, 3.63) is 53.9 Å². The van der Waals surface area contributed by atoms with Gasteiger partial charge in [0.15, 0.2) is 0 Å². The van der Waals surface area contributed by atoms with Gasteiger partial charge in [-0.3, -0.25) is 4.79 Å². The second-order valence-electron chi connectivity index (χ2n) is 7.50. The van der Waals surface area contributed by atoms with Gasteiger partial charge < -0.3 is 15.5 Å². The van der Waals surface area contributed by atoms with Crippen molar-refractivity contribution in [2.75, 3.05) is 31.1 Å². The lowest BCUT2D eigenvalue weighted by atomic mass is 9.94. The van der Waals surface area contributed by atoms with E-state index in [0.717, 1.165) is 57.0 Å². The summed E-state index contributed by atoms with van der Waals surface area (Å²) in [7, 11) is 0. The van der Waals surface area contributed by atoms with Crippen LogP contribution in [0.5, 0.6) is 0 Å². The van der Waals surface area contributed by atoms with E-state index < -0.39 is 0 Å². The molecule has 27 heavy (non-hydrogen) atoms. The van der Waals surface area contributed by atoms with Crippen molar-refractivity contribution in [3.63, 3.8) is 0 Å². The largest absolute Gasteiger partial charge is 0.349 e. The summed E-state index contributed by atoms with van der Waals surface area (Å²) in [5.41, 5.74) is 2.00. The molecule has 0 saturated carbocycles. The van der Waals surface area contributed by atoms with E-state index in [2.05, 4.69) is 31.6 Å². The molecule has 142 valence electrons. The van der Waals surface area contributed by atoms with Crippen LogP contribution in [0.3, 0.4) is 0 Å². The molecule has 2 aromatic rings. The molecule has 2 N–H and O–H groups in total. The van der Waals surface area contributed by atoms with Crippen molar-refractivity contribution in [1.29, 1.82) is 0 Å². The summed E-state index contributed by atoms with van der Waals surface area (Å²) in [6.07, 6.45) is 7.54.